The highest BCUT2D eigenvalue weighted by Gasteiger charge is 2.15. The van der Waals surface area contributed by atoms with Crippen LogP contribution in [0, 0.1) is 13.8 Å². The van der Waals surface area contributed by atoms with Crippen molar-refractivity contribution in [2.75, 3.05) is 16.6 Å². The fourth-order valence-corrected chi connectivity index (χ4v) is 4.87. The fraction of sp³-hybridized carbons (Fsp3) is 0.138. The van der Waals surface area contributed by atoms with E-state index in [0.29, 0.717) is 29.3 Å². The molecule has 0 spiro atoms. The second-order valence-corrected chi connectivity index (χ2v) is 10.3. The van der Waals surface area contributed by atoms with Crippen LogP contribution in [0.2, 0.25) is 0 Å². The fourth-order valence-electron chi connectivity index (χ4n) is 3.83. The molecule has 2 N–H and O–H groups in total. The number of hydrogen-bond acceptors (Lipinski definition) is 4. The maximum Gasteiger partial charge on any atom is 0.261 e. The molecule has 4 rings (SSSR count). The lowest BCUT2D eigenvalue weighted by atomic mass is 10.1. The first kappa shape index (κ1) is 25.0. The summed E-state index contributed by atoms with van der Waals surface area (Å²) in [5.74, 6) is 0.296. The molecule has 0 atom stereocenters. The van der Waals surface area contributed by atoms with Gasteiger partial charge >= 0.3 is 0 Å². The van der Waals surface area contributed by atoms with Gasteiger partial charge < -0.3 is 10.1 Å². The molecule has 4 aromatic carbocycles. The number of nitrogens with one attached hydrogen (secondary N) is 2. The Morgan fingerprint density at radius 3 is 2.17 bits per heavy atom. The van der Waals surface area contributed by atoms with Crippen molar-refractivity contribution in [3.05, 3.63) is 119 Å². The molecule has 0 fully saturated rings. The summed E-state index contributed by atoms with van der Waals surface area (Å²) in [7, 11) is -3.76. The van der Waals surface area contributed by atoms with Gasteiger partial charge in [-0.3, -0.25) is 9.52 Å². The zero-order chi connectivity index (χ0) is 25.5. The minimum absolute atomic E-state index is 0.105. The summed E-state index contributed by atoms with van der Waals surface area (Å²) >= 11 is 0. The van der Waals surface area contributed by atoms with Crippen LogP contribution in [0.5, 0.6) is 5.75 Å². The Bertz CT molecular complexity index is 1430. The van der Waals surface area contributed by atoms with Crippen molar-refractivity contribution in [1.29, 1.82) is 0 Å². The first-order valence-electron chi connectivity index (χ1n) is 11.6. The third-order valence-corrected chi connectivity index (χ3v) is 6.89. The van der Waals surface area contributed by atoms with E-state index in [0.717, 1.165) is 17.5 Å². The number of aryl methyl sites for hydroxylation is 2. The average Bonchev–Trinajstić information content (AvgIpc) is 2.84. The van der Waals surface area contributed by atoms with Crippen LogP contribution in [0.15, 0.2) is 102 Å². The number of benzene rings is 4. The van der Waals surface area contributed by atoms with Gasteiger partial charge in [0.05, 0.1) is 11.5 Å². The summed E-state index contributed by atoms with van der Waals surface area (Å²) < 4.78 is 34.0. The number of rotatable bonds is 9. The monoisotopic (exact) mass is 500 g/mol. The van der Waals surface area contributed by atoms with Gasteiger partial charge in [-0.15, -0.1) is 0 Å². The number of amides is 1. The van der Waals surface area contributed by atoms with Crippen molar-refractivity contribution < 1.29 is 17.9 Å². The van der Waals surface area contributed by atoms with E-state index in [9.17, 15) is 13.2 Å². The smallest absolute Gasteiger partial charge is 0.261 e. The maximum atomic E-state index is 12.8. The molecule has 0 aliphatic rings. The number of sulfonamides is 1. The highest BCUT2D eigenvalue weighted by Crippen LogP contribution is 2.21. The van der Waals surface area contributed by atoms with Crippen LogP contribution in [-0.4, -0.2) is 20.9 Å². The lowest BCUT2D eigenvalue weighted by molar-refractivity contribution is 0.102. The molecule has 184 valence electrons. The Hall–Kier alpha value is -4.10. The largest absolute Gasteiger partial charge is 0.493 e. The standard InChI is InChI=1S/C29H28N2O4S/c1-21-17-22(2)19-26(18-21)31-36(33,34)28-13-11-25(12-14-28)30-29(32)24-9-6-10-27(20-24)35-16-15-23-7-4-3-5-8-23/h3-14,17-20,31H,15-16H2,1-2H3,(H,30,32). The van der Waals surface area contributed by atoms with Crippen molar-refractivity contribution in [1.82, 2.24) is 0 Å². The van der Waals surface area contributed by atoms with Gasteiger partial charge in [-0.25, -0.2) is 8.42 Å². The summed E-state index contributed by atoms with van der Waals surface area (Å²) in [6, 6.07) is 28.6. The molecule has 0 unspecified atom stereocenters. The van der Waals surface area contributed by atoms with Gasteiger partial charge in [0.2, 0.25) is 0 Å². The SMILES string of the molecule is Cc1cc(C)cc(NS(=O)(=O)c2ccc(NC(=O)c3cccc(OCCc4ccccc4)c3)cc2)c1. The zero-order valence-electron chi connectivity index (χ0n) is 20.2. The van der Waals surface area contributed by atoms with E-state index in [1.54, 1.807) is 42.5 Å². The van der Waals surface area contributed by atoms with Crippen molar-refractivity contribution in [2.24, 2.45) is 0 Å². The molecule has 0 bridgehead atoms. The number of anilines is 2. The summed E-state index contributed by atoms with van der Waals surface area (Å²) in [6.07, 6.45) is 0.769. The summed E-state index contributed by atoms with van der Waals surface area (Å²) in [6.45, 7) is 4.32. The molecule has 36 heavy (non-hydrogen) atoms. The number of hydrogen-bond donors (Lipinski definition) is 2. The van der Waals surface area contributed by atoms with E-state index in [1.165, 1.54) is 17.7 Å². The van der Waals surface area contributed by atoms with E-state index < -0.39 is 10.0 Å². The predicted molar refractivity (Wildman–Crippen MR) is 143 cm³/mol. The van der Waals surface area contributed by atoms with E-state index >= 15 is 0 Å². The Balaban J connectivity index is 1.37. The predicted octanol–water partition coefficient (Wildman–Crippen LogP) is 5.98. The van der Waals surface area contributed by atoms with Crippen LogP contribution >= 0.6 is 0 Å². The first-order chi connectivity index (χ1) is 17.3. The Kier molecular flexibility index (Phi) is 7.71. The third kappa shape index (κ3) is 6.73. The van der Waals surface area contributed by atoms with Gasteiger partial charge in [0, 0.05) is 23.4 Å². The molecule has 0 aliphatic carbocycles. The summed E-state index contributed by atoms with van der Waals surface area (Å²) in [5, 5.41) is 2.80. The van der Waals surface area contributed by atoms with Gasteiger partial charge in [0.25, 0.3) is 15.9 Å². The second-order valence-electron chi connectivity index (χ2n) is 8.57. The lowest BCUT2D eigenvalue weighted by Crippen LogP contribution is -2.14. The third-order valence-electron chi connectivity index (χ3n) is 5.49. The summed E-state index contributed by atoms with van der Waals surface area (Å²) in [4.78, 5) is 12.9. The number of carbonyl (C=O) groups is 1. The molecular formula is C29H28N2O4S. The van der Waals surface area contributed by atoms with Gasteiger partial charge in [-0.2, -0.15) is 0 Å². The lowest BCUT2D eigenvalue weighted by Gasteiger charge is -2.11. The van der Waals surface area contributed by atoms with Gasteiger partial charge in [-0.1, -0.05) is 42.5 Å². The Morgan fingerprint density at radius 1 is 0.778 bits per heavy atom. The molecule has 7 heteroatoms. The average molecular weight is 501 g/mol. The second kappa shape index (κ2) is 11.1. The van der Waals surface area contributed by atoms with Crippen LogP contribution in [0.25, 0.3) is 0 Å². The van der Waals surface area contributed by atoms with Crippen LogP contribution in [0.3, 0.4) is 0 Å². The summed E-state index contributed by atoms with van der Waals surface area (Å²) in [5.41, 5.74) is 4.56. The Morgan fingerprint density at radius 2 is 1.47 bits per heavy atom. The van der Waals surface area contributed by atoms with Crippen LogP contribution in [-0.2, 0) is 16.4 Å². The highest BCUT2D eigenvalue weighted by atomic mass is 32.2. The number of ether oxygens (including phenoxy) is 1. The van der Waals surface area contributed by atoms with Crippen molar-refractivity contribution in [3.8, 4) is 5.75 Å². The quantitative estimate of drug-likeness (QED) is 0.296. The van der Waals surface area contributed by atoms with E-state index in [4.69, 9.17) is 4.74 Å². The molecule has 0 aromatic heterocycles. The molecule has 0 radical (unpaired) electrons. The molecule has 0 saturated heterocycles. The molecular weight excluding hydrogens is 472 g/mol. The molecule has 6 nitrogen and oxygen atoms in total. The van der Waals surface area contributed by atoms with E-state index in [1.807, 2.05) is 56.3 Å². The van der Waals surface area contributed by atoms with Gasteiger partial charge in [0.1, 0.15) is 5.75 Å². The molecule has 1 amide bonds. The van der Waals surface area contributed by atoms with E-state index in [2.05, 4.69) is 10.0 Å². The van der Waals surface area contributed by atoms with Crippen LogP contribution in [0.1, 0.15) is 27.0 Å². The minimum atomic E-state index is -3.76. The number of carbonyl (C=O) groups excluding carboxylic acids is 1. The normalized spacial score (nSPS) is 11.1. The van der Waals surface area contributed by atoms with Crippen molar-refractivity contribution in [2.45, 2.75) is 25.2 Å². The molecule has 4 aromatic rings. The minimum Gasteiger partial charge on any atom is -0.493 e. The van der Waals surface area contributed by atoms with Crippen LogP contribution in [0.4, 0.5) is 11.4 Å². The van der Waals surface area contributed by atoms with Crippen molar-refractivity contribution in [3.63, 3.8) is 0 Å². The Labute approximate surface area is 212 Å². The van der Waals surface area contributed by atoms with Gasteiger partial charge in [-0.05, 0) is 85.1 Å². The first-order valence-corrected chi connectivity index (χ1v) is 13.1. The molecule has 0 aliphatic heterocycles. The van der Waals surface area contributed by atoms with Gasteiger partial charge in [0.15, 0.2) is 0 Å². The van der Waals surface area contributed by atoms with E-state index in [-0.39, 0.29) is 10.8 Å². The van der Waals surface area contributed by atoms with Crippen LogP contribution < -0.4 is 14.8 Å². The molecule has 0 heterocycles. The molecule has 0 saturated carbocycles. The van der Waals surface area contributed by atoms with Crippen molar-refractivity contribution >= 4 is 27.3 Å². The topological polar surface area (TPSA) is 84.5 Å². The maximum absolute atomic E-state index is 12.8. The zero-order valence-corrected chi connectivity index (χ0v) is 21.0. The highest BCUT2D eigenvalue weighted by molar-refractivity contribution is 7.92.